The molecular formula is C21H32N2O3. The Morgan fingerprint density at radius 2 is 1.77 bits per heavy atom. The Kier molecular flexibility index (Phi) is 6.68. The third kappa shape index (κ3) is 4.77. The monoisotopic (exact) mass is 360 g/mol. The lowest BCUT2D eigenvalue weighted by molar-refractivity contribution is -0.143. The molecule has 0 N–H and O–H groups in total. The van der Waals surface area contributed by atoms with Gasteiger partial charge in [-0.05, 0) is 49.8 Å². The zero-order valence-corrected chi connectivity index (χ0v) is 16.9. The molecule has 1 heterocycles. The molecule has 1 unspecified atom stereocenters. The van der Waals surface area contributed by atoms with Gasteiger partial charge in [-0.25, -0.2) is 0 Å². The topological polar surface area (TPSA) is 49.9 Å². The highest BCUT2D eigenvalue weighted by Crippen LogP contribution is 2.29. The quantitative estimate of drug-likeness (QED) is 0.810. The molecule has 1 atom stereocenters. The number of nitrogens with zero attached hydrogens (tertiary/aromatic N) is 2. The van der Waals surface area contributed by atoms with E-state index in [1.54, 1.807) is 19.0 Å². The first-order chi connectivity index (χ1) is 12.2. The molecule has 0 bridgehead atoms. The molecule has 1 aromatic carbocycles. The highest BCUT2D eigenvalue weighted by molar-refractivity contribution is 5.82. The van der Waals surface area contributed by atoms with Gasteiger partial charge in [0.1, 0.15) is 5.75 Å². The van der Waals surface area contributed by atoms with Crippen molar-refractivity contribution in [2.24, 2.45) is 5.92 Å². The van der Waals surface area contributed by atoms with Crippen molar-refractivity contribution in [3.63, 3.8) is 0 Å². The van der Waals surface area contributed by atoms with Crippen LogP contribution in [-0.2, 0) is 9.59 Å². The van der Waals surface area contributed by atoms with Crippen LogP contribution in [0.4, 0.5) is 0 Å². The summed E-state index contributed by atoms with van der Waals surface area (Å²) < 4.78 is 6.05. The normalized spacial score (nSPS) is 16.5. The number of ether oxygens (including phenoxy) is 1. The minimum atomic E-state index is -0.532. The van der Waals surface area contributed by atoms with E-state index >= 15 is 0 Å². The number of likely N-dealkylation sites (tertiary alicyclic amines) is 1. The maximum atomic E-state index is 12.8. The van der Waals surface area contributed by atoms with Crippen molar-refractivity contribution in [3.8, 4) is 5.75 Å². The third-order valence-corrected chi connectivity index (χ3v) is 5.04. The number of carbonyl (C=O) groups excluding carboxylic acids is 2. The van der Waals surface area contributed by atoms with Crippen molar-refractivity contribution in [3.05, 3.63) is 29.3 Å². The molecule has 0 aromatic heterocycles. The van der Waals surface area contributed by atoms with Crippen molar-refractivity contribution >= 4 is 11.8 Å². The molecule has 2 amide bonds. The fraction of sp³-hybridized carbons (Fsp3) is 0.619. The first kappa shape index (κ1) is 20.3. The molecule has 26 heavy (non-hydrogen) atoms. The van der Waals surface area contributed by atoms with Crippen LogP contribution in [0.3, 0.4) is 0 Å². The fourth-order valence-corrected chi connectivity index (χ4v) is 3.43. The van der Waals surface area contributed by atoms with E-state index in [1.165, 1.54) is 0 Å². The minimum absolute atomic E-state index is 0.00281. The van der Waals surface area contributed by atoms with Gasteiger partial charge in [0.25, 0.3) is 5.91 Å². The first-order valence-electron chi connectivity index (χ1n) is 9.47. The van der Waals surface area contributed by atoms with Gasteiger partial charge >= 0.3 is 0 Å². The molecule has 5 heteroatoms. The first-order valence-corrected chi connectivity index (χ1v) is 9.47. The van der Waals surface area contributed by atoms with Crippen LogP contribution in [-0.4, -0.2) is 54.9 Å². The van der Waals surface area contributed by atoms with Gasteiger partial charge in [-0.2, -0.15) is 0 Å². The minimum Gasteiger partial charge on any atom is -0.481 e. The number of aryl methyl sites for hydroxylation is 1. The molecule has 0 aliphatic carbocycles. The van der Waals surface area contributed by atoms with E-state index in [9.17, 15) is 9.59 Å². The summed E-state index contributed by atoms with van der Waals surface area (Å²) in [4.78, 5) is 28.3. The lowest BCUT2D eigenvalue weighted by Gasteiger charge is -2.34. The van der Waals surface area contributed by atoms with Crippen LogP contribution in [0.1, 0.15) is 50.7 Å². The Morgan fingerprint density at radius 3 is 2.31 bits per heavy atom. The predicted octanol–water partition coefficient (Wildman–Crippen LogP) is 3.21. The van der Waals surface area contributed by atoms with E-state index in [0.29, 0.717) is 19.0 Å². The van der Waals surface area contributed by atoms with Gasteiger partial charge in [0.05, 0.1) is 0 Å². The number of hydrogen-bond acceptors (Lipinski definition) is 3. The van der Waals surface area contributed by atoms with Crippen LogP contribution in [0.2, 0.25) is 0 Å². The van der Waals surface area contributed by atoms with Crippen LogP contribution in [0.5, 0.6) is 5.75 Å². The van der Waals surface area contributed by atoms with Gasteiger partial charge in [-0.1, -0.05) is 26.0 Å². The average molecular weight is 360 g/mol. The summed E-state index contributed by atoms with van der Waals surface area (Å²) in [5.41, 5.74) is 2.23. The predicted molar refractivity (Wildman–Crippen MR) is 103 cm³/mol. The highest BCUT2D eigenvalue weighted by atomic mass is 16.5. The maximum Gasteiger partial charge on any atom is 0.263 e. The summed E-state index contributed by atoms with van der Waals surface area (Å²) in [5, 5.41) is 0. The van der Waals surface area contributed by atoms with Crippen molar-refractivity contribution in [2.45, 2.75) is 52.6 Å². The lowest BCUT2D eigenvalue weighted by Crippen LogP contribution is -2.47. The summed E-state index contributed by atoms with van der Waals surface area (Å²) in [6, 6.07) is 6.15. The van der Waals surface area contributed by atoms with Crippen molar-refractivity contribution in [2.75, 3.05) is 27.2 Å². The number of piperidine rings is 1. The second kappa shape index (κ2) is 8.56. The van der Waals surface area contributed by atoms with Gasteiger partial charge in [-0.3, -0.25) is 9.59 Å². The highest BCUT2D eigenvalue weighted by Gasteiger charge is 2.30. The van der Waals surface area contributed by atoms with Gasteiger partial charge in [0.15, 0.2) is 6.10 Å². The molecule has 1 aliphatic heterocycles. The number of rotatable bonds is 5. The average Bonchev–Trinajstić information content (AvgIpc) is 2.60. The number of amides is 2. The zero-order valence-electron chi connectivity index (χ0n) is 16.9. The van der Waals surface area contributed by atoms with Crippen molar-refractivity contribution in [1.82, 2.24) is 9.80 Å². The van der Waals surface area contributed by atoms with Crippen LogP contribution in [0.15, 0.2) is 18.2 Å². The molecule has 2 rings (SSSR count). The van der Waals surface area contributed by atoms with Crippen LogP contribution < -0.4 is 4.74 Å². The lowest BCUT2D eigenvalue weighted by atomic mass is 9.95. The molecule has 144 valence electrons. The molecule has 1 saturated heterocycles. The zero-order chi connectivity index (χ0) is 19.4. The Hall–Kier alpha value is -2.04. The molecule has 5 nitrogen and oxygen atoms in total. The Morgan fingerprint density at radius 1 is 1.15 bits per heavy atom. The number of carbonyl (C=O) groups is 2. The van der Waals surface area contributed by atoms with Gasteiger partial charge in [0.2, 0.25) is 5.91 Å². The van der Waals surface area contributed by atoms with Crippen molar-refractivity contribution in [1.29, 1.82) is 0 Å². The molecule has 0 spiro atoms. The van der Waals surface area contributed by atoms with E-state index < -0.39 is 6.10 Å². The largest absolute Gasteiger partial charge is 0.481 e. The third-order valence-electron chi connectivity index (χ3n) is 5.04. The van der Waals surface area contributed by atoms with E-state index in [4.69, 9.17) is 4.74 Å². The summed E-state index contributed by atoms with van der Waals surface area (Å²) in [6.45, 7) is 9.30. The van der Waals surface area contributed by atoms with Gasteiger partial charge in [-0.15, -0.1) is 0 Å². The molecule has 0 radical (unpaired) electrons. The van der Waals surface area contributed by atoms with Gasteiger partial charge in [0, 0.05) is 33.1 Å². The molecule has 1 aliphatic rings. The Bertz CT molecular complexity index is 647. The molecule has 1 fully saturated rings. The summed E-state index contributed by atoms with van der Waals surface area (Å²) in [6.07, 6.45) is 0.907. The Labute approximate surface area is 157 Å². The Balaban J connectivity index is 1.99. The standard InChI is InChI=1S/C21H32N2O3/c1-14(2)18-8-7-15(3)13-19(18)26-16(4)20(24)23-11-9-17(10-12-23)21(25)22(5)6/h7-8,13-14,16-17H,9-12H2,1-6H3. The van der Waals surface area contributed by atoms with Crippen molar-refractivity contribution < 1.29 is 14.3 Å². The number of hydrogen-bond donors (Lipinski definition) is 0. The SMILES string of the molecule is Cc1ccc(C(C)C)c(OC(C)C(=O)N2CCC(C(=O)N(C)C)CC2)c1. The van der Waals surface area contributed by atoms with E-state index in [1.807, 2.05) is 24.8 Å². The maximum absolute atomic E-state index is 12.8. The molecular weight excluding hydrogens is 328 g/mol. The summed E-state index contributed by atoms with van der Waals surface area (Å²) in [5.74, 6) is 1.30. The van der Waals surface area contributed by atoms with Gasteiger partial charge < -0.3 is 14.5 Å². The molecule has 0 saturated carbocycles. The van der Waals surface area contributed by atoms with E-state index in [2.05, 4.69) is 26.0 Å². The smallest absolute Gasteiger partial charge is 0.263 e. The van der Waals surface area contributed by atoms with Crippen LogP contribution >= 0.6 is 0 Å². The summed E-state index contributed by atoms with van der Waals surface area (Å²) in [7, 11) is 3.56. The van der Waals surface area contributed by atoms with E-state index in [0.717, 1.165) is 29.7 Å². The van der Waals surface area contributed by atoms with E-state index in [-0.39, 0.29) is 17.7 Å². The van der Waals surface area contributed by atoms with Crippen LogP contribution in [0, 0.1) is 12.8 Å². The summed E-state index contributed by atoms with van der Waals surface area (Å²) >= 11 is 0. The fourth-order valence-electron chi connectivity index (χ4n) is 3.43. The second-order valence-corrected chi connectivity index (χ2v) is 7.79. The second-order valence-electron chi connectivity index (χ2n) is 7.79. The molecule has 1 aromatic rings. The number of benzene rings is 1. The van der Waals surface area contributed by atoms with Crippen LogP contribution in [0.25, 0.3) is 0 Å².